The highest BCUT2D eigenvalue weighted by Crippen LogP contribution is 2.18. The van der Waals surface area contributed by atoms with Gasteiger partial charge in [-0.15, -0.1) is 10.2 Å². The van der Waals surface area contributed by atoms with Crippen LogP contribution in [-0.2, 0) is 16.0 Å². The van der Waals surface area contributed by atoms with Gasteiger partial charge in [0.2, 0.25) is 16.9 Å². The molecular formula is C11H15N5O3S. The highest BCUT2D eigenvalue weighted by molar-refractivity contribution is 7.15. The molecule has 0 spiro atoms. The molecule has 2 unspecified atom stereocenters. The number of imide groups is 1. The van der Waals surface area contributed by atoms with E-state index in [1.807, 2.05) is 6.92 Å². The molecule has 2 rings (SSSR count). The zero-order chi connectivity index (χ0) is 14.7. The Kier molecular flexibility index (Phi) is 4.28. The Hall–Kier alpha value is -2.03. The van der Waals surface area contributed by atoms with Crippen LogP contribution >= 0.6 is 11.3 Å². The first-order valence-corrected chi connectivity index (χ1v) is 7.04. The van der Waals surface area contributed by atoms with Gasteiger partial charge in [-0.2, -0.15) is 0 Å². The van der Waals surface area contributed by atoms with Crippen molar-refractivity contribution in [3.8, 4) is 0 Å². The predicted octanol–water partition coefficient (Wildman–Crippen LogP) is 0.273. The molecule has 0 radical (unpaired) electrons. The summed E-state index contributed by atoms with van der Waals surface area (Å²) in [6.07, 6.45) is 0.732. The first kappa shape index (κ1) is 14.4. The third-order valence-corrected chi connectivity index (χ3v) is 3.94. The van der Waals surface area contributed by atoms with Gasteiger partial charge in [0.15, 0.2) is 0 Å². The van der Waals surface area contributed by atoms with Crippen LogP contribution < -0.4 is 16.0 Å². The maximum atomic E-state index is 11.9. The van der Waals surface area contributed by atoms with Crippen LogP contribution in [0.1, 0.15) is 25.3 Å². The van der Waals surface area contributed by atoms with Crippen LogP contribution in [0.25, 0.3) is 0 Å². The number of hydrogen-bond acceptors (Lipinski definition) is 6. The molecule has 3 N–H and O–H groups in total. The average molecular weight is 297 g/mol. The van der Waals surface area contributed by atoms with Crippen molar-refractivity contribution in [3.05, 3.63) is 5.01 Å². The smallest absolute Gasteiger partial charge is 0.321 e. The minimum absolute atomic E-state index is 0.0195. The van der Waals surface area contributed by atoms with Gasteiger partial charge in [0.1, 0.15) is 5.01 Å². The number of nitrogens with one attached hydrogen (secondary N) is 3. The molecule has 4 amide bonds. The second-order valence-corrected chi connectivity index (χ2v) is 5.53. The van der Waals surface area contributed by atoms with Gasteiger partial charge < -0.3 is 10.6 Å². The maximum Gasteiger partial charge on any atom is 0.321 e. The third kappa shape index (κ3) is 3.29. The molecule has 1 saturated heterocycles. The molecule has 20 heavy (non-hydrogen) atoms. The van der Waals surface area contributed by atoms with Gasteiger partial charge in [-0.25, -0.2) is 4.79 Å². The normalized spacial score (nSPS) is 22.1. The molecule has 1 fully saturated rings. The SMILES string of the molecule is CCc1nnc(NC(=O)CC2C(=O)NC(=O)NC2C)s1. The van der Waals surface area contributed by atoms with Crippen molar-refractivity contribution in [2.75, 3.05) is 5.32 Å². The highest BCUT2D eigenvalue weighted by atomic mass is 32.1. The topological polar surface area (TPSA) is 113 Å². The number of urea groups is 1. The summed E-state index contributed by atoms with van der Waals surface area (Å²) < 4.78 is 0. The number of aromatic nitrogens is 2. The molecule has 0 saturated carbocycles. The van der Waals surface area contributed by atoms with E-state index in [1.54, 1.807) is 6.92 Å². The van der Waals surface area contributed by atoms with Crippen LogP contribution in [-0.4, -0.2) is 34.1 Å². The second-order valence-electron chi connectivity index (χ2n) is 4.46. The minimum atomic E-state index is -0.591. The van der Waals surface area contributed by atoms with E-state index in [0.717, 1.165) is 11.4 Å². The lowest BCUT2D eigenvalue weighted by atomic mass is 9.94. The van der Waals surface area contributed by atoms with Gasteiger partial charge in [0.25, 0.3) is 0 Å². The molecule has 1 aromatic heterocycles. The molecule has 0 aromatic carbocycles. The number of carbonyl (C=O) groups excluding carboxylic acids is 3. The van der Waals surface area contributed by atoms with Gasteiger partial charge in [-0.3, -0.25) is 14.9 Å². The quantitative estimate of drug-likeness (QED) is 0.738. The molecule has 9 heteroatoms. The molecular weight excluding hydrogens is 282 g/mol. The molecule has 2 heterocycles. The molecule has 1 aliphatic rings. The van der Waals surface area contributed by atoms with E-state index in [0.29, 0.717) is 5.13 Å². The first-order chi connectivity index (χ1) is 9.49. The number of carbonyl (C=O) groups is 3. The number of aryl methyl sites for hydroxylation is 1. The number of nitrogens with zero attached hydrogens (tertiary/aromatic N) is 2. The van der Waals surface area contributed by atoms with E-state index < -0.39 is 17.9 Å². The van der Waals surface area contributed by atoms with Gasteiger partial charge in [0.05, 0.1) is 5.92 Å². The Labute approximate surface area is 119 Å². The Morgan fingerprint density at radius 2 is 2.15 bits per heavy atom. The van der Waals surface area contributed by atoms with Crippen LogP contribution in [0, 0.1) is 5.92 Å². The van der Waals surface area contributed by atoms with Crippen LogP contribution in [0.2, 0.25) is 0 Å². The first-order valence-electron chi connectivity index (χ1n) is 6.23. The fraction of sp³-hybridized carbons (Fsp3) is 0.545. The van der Waals surface area contributed by atoms with E-state index in [9.17, 15) is 14.4 Å². The number of rotatable bonds is 4. The standard InChI is InChI=1S/C11H15N5O3S/c1-3-8-15-16-11(20-8)13-7(17)4-6-5(2)12-10(19)14-9(6)18/h5-6H,3-4H2,1-2H3,(H,13,16,17)(H2,12,14,18,19). The monoisotopic (exact) mass is 297 g/mol. The molecule has 1 aliphatic heterocycles. The largest absolute Gasteiger partial charge is 0.335 e. The van der Waals surface area contributed by atoms with Crippen molar-refractivity contribution in [1.82, 2.24) is 20.8 Å². The van der Waals surface area contributed by atoms with Crippen LogP contribution in [0.4, 0.5) is 9.93 Å². The fourth-order valence-corrected chi connectivity index (χ4v) is 2.56. The van der Waals surface area contributed by atoms with E-state index in [2.05, 4.69) is 26.1 Å². The molecule has 8 nitrogen and oxygen atoms in total. The van der Waals surface area contributed by atoms with Crippen molar-refractivity contribution >= 4 is 34.3 Å². The van der Waals surface area contributed by atoms with Crippen molar-refractivity contribution in [2.45, 2.75) is 32.7 Å². The van der Waals surface area contributed by atoms with Crippen LogP contribution in [0.5, 0.6) is 0 Å². The summed E-state index contributed by atoms with van der Waals surface area (Å²) >= 11 is 1.30. The summed E-state index contributed by atoms with van der Waals surface area (Å²) in [5, 5.41) is 16.3. The summed E-state index contributed by atoms with van der Waals surface area (Å²) in [6.45, 7) is 3.64. The Morgan fingerprint density at radius 3 is 2.75 bits per heavy atom. The van der Waals surface area contributed by atoms with E-state index in [4.69, 9.17) is 0 Å². The van der Waals surface area contributed by atoms with Crippen molar-refractivity contribution in [2.24, 2.45) is 5.92 Å². The molecule has 1 aromatic rings. The summed E-state index contributed by atoms with van der Waals surface area (Å²) in [5.41, 5.74) is 0. The lowest BCUT2D eigenvalue weighted by molar-refractivity contribution is -0.129. The van der Waals surface area contributed by atoms with E-state index in [1.165, 1.54) is 11.3 Å². The van der Waals surface area contributed by atoms with E-state index in [-0.39, 0.29) is 18.4 Å². The number of amides is 4. The third-order valence-electron chi connectivity index (χ3n) is 2.96. The summed E-state index contributed by atoms with van der Waals surface area (Å²) in [5.74, 6) is -1.36. The number of hydrogen-bond donors (Lipinski definition) is 3. The van der Waals surface area contributed by atoms with Gasteiger partial charge in [-0.1, -0.05) is 18.3 Å². The molecule has 108 valence electrons. The lowest BCUT2D eigenvalue weighted by Crippen LogP contribution is -2.57. The van der Waals surface area contributed by atoms with Crippen molar-refractivity contribution < 1.29 is 14.4 Å². The second kappa shape index (κ2) is 5.95. The molecule has 2 atom stereocenters. The molecule has 0 bridgehead atoms. The highest BCUT2D eigenvalue weighted by Gasteiger charge is 2.34. The Morgan fingerprint density at radius 1 is 1.40 bits per heavy atom. The zero-order valence-electron chi connectivity index (χ0n) is 11.1. The Balaban J connectivity index is 1.93. The zero-order valence-corrected chi connectivity index (χ0v) is 11.9. The summed E-state index contributed by atoms with van der Waals surface area (Å²) in [7, 11) is 0. The van der Waals surface area contributed by atoms with Crippen LogP contribution in [0.3, 0.4) is 0 Å². The number of anilines is 1. The minimum Gasteiger partial charge on any atom is -0.335 e. The van der Waals surface area contributed by atoms with Gasteiger partial charge >= 0.3 is 6.03 Å². The average Bonchev–Trinajstić information content (AvgIpc) is 2.81. The van der Waals surface area contributed by atoms with Crippen LogP contribution in [0.15, 0.2) is 0 Å². The van der Waals surface area contributed by atoms with Crippen molar-refractivity contribution in [3.63, 3.8) is 0 Å². The van der Waals surface area contributed by atoms with E-state index >= 15 is 0 Å². The molecule has 0 aliphatic carbocycles. The van der Waals surface area contributed by atoms with Gasteiger partial charge in [0, 0.05) is 12.5 Å². The summed E-state index contributed by atoms with van der Waals surface area (Å²) in [6, 6.07) is -0.918. The Bertz CT molecular complexity index is 544. The van der Waals surface area contributed by atoms with Crippen molar-refractivity contribution in [1.29, 1.82) is 0 Å². The maximum absolute atomic E-state index is 11.9. The lowest BCUT2D eigenvalue weighted by Gasteiger charge is -2.28. The summed E-state index contributed by atoms with van der Waals surface area (Å²) in [4.78, 5) is 34.6. The predicted molar refractivity (Wildman–Crippen MR) is 72.2 cm³/mol. The van der Waals surface area contributed by atoms with Gasteiger partial charge in [-0.05, 0) is 13.3 Å². The fourth-order valence-electron chi connectivity index (χ4n) is 1.86.